The Morgan fingerprint density at radius 3 is 2.53 bits per heavy atom. The van der Waals surface area contributed by atoms with E-state index < -0.39 is 5.92 Å². The van der Waals surface area contributed by atoms with Crippen LogP contribution in [0.2, 0.25) is 5.02 Å². The highest BCUT2D eigenvalue weighted by Gasteiger charge is 2.24. The second-order valence-electron chi connectivity index (χ2n) is 3.52. The molecule has 0 aliphatic rings. The number of alkyl halides is 2. The molecule has 0 spiro atoms. The maximum atomic E-state index is 12.9. The van der Waals surface area contributed by atoms with E-state index in [1.165, 1.54) is 12.1 Å². The van der Waals surface area contributed by atoms with Gasteiger partial charge < -0.3 is 5.11 Å². The van der Waals surface area contributed by atoms with Gasteiger partial charge in [-0.05, 0) is 24.5 Å². The minimum absolute atomic E-state index is 0.0714. The van der Waals surface area contributed by atoms with Crippen LogP contribution >= 0.6 is 11.6 Å². The first kappa shape index (κ1) is 12.4. The first-order valence-electron chi connectivity index (χ1n) is 4.72. The summed E-state index contributed by atoms with van der Waals surface area (Å²) >= 11 is 5.86. The molecule has 0 saturated heterocycles. The van der Waals surface area contributed by atoms with Gasteiger partial charge in [0.1, 0.15) is 0 Å². The first-order chi connectivity index (χ1) is 6.95. The van der Waals surface area contributed by atoms with Gasteiger partial charge in [-0.2, -0.15) is 0 Å². The molecule has 0 atom stereocenters. The van der Waals surface area contributed by atoms with Crippen molar-refractivity contribution in [1.29, 1.82) is 0 Å². The fraction of sp³-hybridized carbons (Fsp3) is 0.455. The van der Waals surface area contributed by atoms with Crippen molar-refractivity contribution in [2.75, 3.05) is 6.61 Å². The molecule has 0 fully saturated rings. The molecule has 0 bridgehead atoms. The minimum Gasteiger partial charge on any atom is -0.396 e. The Hall–Kier alpha value is -0.670. The molecule has 0 radical (unpaired) electrons. The lowest BCUT2D eigenvalue weighted by atomic mass is 10.0. The van der Waals surface area contributed by atoms with E-state index in [2.05, 4.69) is 0 Å². The van der Waals surface area contributed by atoms with E-state index in [4.69, 9.17) is 16.7 Å². The van der Waals surface area contributed by atoms with Crippen molar-refractivity contribution < 1.29 is 13.9 Å². The Balaban J connectivity index is 2.88. The predicted molar refractivity (Wildman–Crippen MR) is 56.4 cm³/mol. The normalized spacial score (nSPS) is 11.8. The second-order valence-corrected chi connectivity index (χ2v) is 3.93. The molecule has 0 aromatic heterocycles. The summed E-state index contributed by atoms with van der Waals surface area (Å²) in [5, 5.41) is 8.97. The molecular formula is C11H13ClF2O. The van der Waals surface area contributed by atoms with Crippen molar-refractivity contribution in [2.24, 2.45) is 0 Å². The third-order valence-corrected chi connectivity index (χ3v) is 2.52. The number of aliphatic hydroxyl groups is 1. The molecule has 0 unspecified atom stereocenters. The average molecular weight is 235 g/mol. The highest BCUT2D eigenvalue weighted by Crippen LogP contribution is 2.30. The number of hydrogen-bond donors (Lipinski definition) is 1. The molecule has 1 N–H and O–H groups in total. The minimum atomic E-state index is -2.86. The van der Waals surface area contributed by atoms with Crippen LogP contribution in [0.4, 0.5) is 8.78 Å². The molecule has 1 aromatic carbocycles. The molecule has 0 saturated carbocycles. The number of halogens is 3. The van der Waals surface area contributed by atoms with Crippen LogP contribution in [0.3, 0.4) is 0 Å². The van der Waals surface area contributed by atoms with Crippen molar-refractivity contribution in [1.82, 2.24) is 0 Å². The number of hydrogen-bond acceptors (Lipinski definition) is 1. The van der Waals surface area contributed by atoms with Gasteiger partial charge in [0.15, 0.2) is 0 Å². The topological polar surface area (TPSA) is 20.2 Å². The summed E-state index contributed by atoms with van der Waals surface area (Å²) in [5.41, 5.74) is 0.707. The van der Waals surface area contributed by atoms with Crippen molar-refractivity contribution >= 4 is 11.6 Å². The molecule has 84 valence electrons. The zero-order valence-corrected chi connectivity index (χ0v) is 9.19. The summed E-state index contributed by atoms with van der Waals surface area (Å²) in [6.07, 6.45) is 1.19. The number of aryl methyl sites for hydroxylation is 1. The van der Waals surface area contributed by atoms with Gasteiger partial charge in [-0.1, -0.05) is 23.7 Å². The van der Waals surface area contributed by atoms with Crippen LogP contribution in [0.5, 0.6) is 0 Å². The molecular weight excluding hydrogens is 222 g/mol. The lowest BCUT2D eigenvalue weighted by Crippen LogP contribution is -2.07. The standard InChI is InChI=1S/C11H13ClF2O/c1-11(13,14)9-5-4-8(3-2-6-15)10(12)7-9/h4-5,7,15H,2-3,6H2,1H3. The molecule has 0 heterocycles. The van der Waals surface area contributed by atoms with Crippen molar-refractivity contribution in [3.05, 3.63) is 34.3 Å². The number of aliphatic hydroxyl groups excluding tert-OH is 1. The third-order valence-electron chi connectivity index (χ3n) is 2.16. The Kier molecular flexibility index (Phi) is 4.05. The molecule has 1 aromatic rings. The van der Waals surface area contributed by atoms with Crippen LogP contribution in [0.15, 0.2) is 18.2 Å². The fourth-order valence-electron chi connectivity index (χ4n) is 1.29. The molecule has 0 aliphatic heterocycles. The maximum absolute atomic E-state index is 12.9. The maximum Gasteiger partial charge on any atom is 0.270 e. The van der Waals surface area contributed by atoms with Gasteiger partial charge in [-0.15, -0.1) is 0 Å². The van der Waals surface area contributed by atoms with Gasteiger partial charge >= 0.3 is 0 Å². The Morgan fingerprint density at radius 1 is 1.40 bits per heavy atom. The van der Waals surface area contributed by atoms with E-state index >= 15 is 0 Å². The molecule has 15 heavy (non-hydrogen) atoms. The van der Waals surface area contributed by atoms with E-state index in [9.17, 15) is 8.78 Å². The quantitative estimate of drug-likeness (QED) is 0.847. The molecule has 1 nitrogen and oxygen atoms in total. The zero-order chi connectivity index (χ0) is 11.5. The van der Waals surface area contributed by atoms with Crippen LogP contribution in [-0.2, 0) is 12.3 Å². The van der Waals surface area contributed by atoms with Crippen molar-refractivity contribution in [3.8, 4) is 0 Å². The Bertz CT molecular complexity index is 334. The van der Waals surface area contributed by atoms with E-state index in [0.29, 0.717) is 17.9 Å². The summed E-state index contributed by atoms with van der Waals surface area (Å²) < 4.78 is 25.8. The van der Waals surface area contributed by atoms with Gasteiger partial charge in [0.25, 0.3) is 5.92 Å². The van der Waals surface area contributed by atoms with Crippen molar-refractivity contribution in [3.63, 3.8) is 0 Å². The van der Waals surface area contributed by atoms with Crippen LogP contribution in [-0.4, -0.2) is 11.7 Å². The molecule has 1 rings (SSSR count). The van der Waals surface area contributed by atoms with Crippen LogP contribution in [0.25, 0.3) is 0 Å². The summed E-state index contributed by atoms with van der Waals surface area (Å²) in [7, 11) is 0. The van der Waals surface area contributed by atoms with E-state index in [1.807, 2.05) is 0 Å². The predicted octanol–water partition coefficient (Wildman–Crippen LogP) is 3.38. The zero-order valence-electron chi connectivity index (χ0n) is 8.43. The van der Waals surface area contributed by atoms with Gasteiger partial charge in [0, 0.05) is 24.1 Å². The number of rotatable bonds is 4. The number of benzene rings is 1. The lowest BCUT2D eigenvalue weighted by Gasteiger charge is -2.12. The SMILES string of the molecule is CC(F)(F)c1ccc(CCCO)c(Cl)c1. The average Bonchev–Trinajstić information content (AvgIpc) is 2.14. The smallest absolute Gasteiger partial charge is 0.270 e. The highest BCUT2D eigenvalue weighted by atomic mass is 35.5. The molecule has 4 heteroatoms. The van der Waals surface area contributed by atoms with Crippen LogP contribution in [0, 0.1) is 0 Å². The largest absolute Gasteiger partial charge is 0.396 e. The summed E-state index contributed by atoms with van der Waals surface area (Å²) in [5.74, 6) is -2.86. The molecule has 0 amide bonds. The van der Waals surface area contributed by atoms with Gasteiger partial charge in [0.2, 0.25) is 0 Å². The Labute approximate surface area is 92.7 Å². The van der Waals surface area contributed by atoms with Gasteiger partial charge in [-0.3, -0.25) is 0 Å². The fourth-order valence-corrected chi connectivity index (χ4v) is 1.57. The third kappa shape index (κ3) is 3.43. The van der Waals surface area contributed by atoms with Gasteiger partial charge in [0.05, 0.1) is 0 Å². The highest BCUT2D eigenvalue weighted by molar-refractivity contribution is 6.31. The summed E-state index contributed by atoms with van der Waals surface area (Å²) in [6, 6.07) is 4.25. The monoisotopic (exact) mass is 234 g/mol. The van der Waals surface area contributed by atoms with Gasteiger partial charge in [-0.25, -0.2) is 8.78 Å². The van der Waals surface area contributed by atoms with Crippen molar-refractivity contribution in [2.45, 2.75) is 25.7 Å². The van der Waals surface area contributed by atoms with Crippen LogP contribution in [0.1, 0.15) is 24.5 Å². The van der Waals surface area contributed by atoms with Crippen LogP contribution < -0.4 is 0 Å². The second kappa shape index (κ2) is 4.90. The first-order valence-corrected chi connectivity index (χ1v) is 5.10. The summed E-state index contributed by atoms with van der Waals surface area (Å²) in [6.45, 7) is 0.911. The molecule has 0 aliphatic carbocycles. The van der Waals surface area contributed by atoms with E-state index in [1.54, 1.807) is 6.07 Å². The summed E-state index contributed by atoms with van der Waals surface area (Å²) in [4.78, 5) is 0. The van der Waals surface area contributed by atoms with E-state index in [0.717, 1.165) is 12.5 Å². The Morgan fingerprint density at radius 2 is 2.07 bits per heavy atom. The lowest BCUT2D eigenvalue weighted by molar-refractivity contribution is 0.0174. The van der Waals surface area contributed by atoms with E-state index in [-0.39, 0.29) is 12.2 Å².